The molecule has 2 rings (SSSR count). The summed E-state index contributed by atoms with van der Waals surface area (Å²) >= 11 is 9.71. The normalized spacial score (nSPS) is 22.4. The maximum Gasteiger partial charge on any atom is 0.0462 e. The molecule has 0 radical (unpaired) electrons. The van der Waals surface area contributed by atoms with Crippen LogP contribution in [0.5, 0.6) is 0 Å². The smallest absolute Gasteiger partial charge is 0.0462 e. The van der Waals surface area contributed by atoms with Gasteiger partial charge in [0.2, 0.25) is 0 Å². The van der Waals surface area contributed by atoms with Gasteiger partial charge in [0.25, 0.3) is 0 Å². The highest BCUT2D eigenvalue weighted by molar-refractivity contribution is 9.10. The van der Waals surface area contributed by atoms with E-state index in [2.05, 4.69) is 39.9 Å². The number of hydrogen-bond acceptors (Lipinski definition) is 1. The molecule has 1 aromatic rings. The average molecular weight is 317 g/mol. The van der Waals surface area contributed by atoms with Crippen LogP contribution in [0.3, 0.4) is 0 Å². The van der Waals surface area contributed by atoms with Crippen molar-refractivity contribution in [2.75, 3.05) is 13.1 Å². The fourth-order valence-electron chi connectivity index (χ4n) is 2.37. The van der Waals surface area contributed by atoms with Crippen molar-refractivity contribution in [3.05, 3.63) is 33.3 Å². The predicted molar refractivity (Wildman–Crippen MR) is 77.4 cm³/mol. The average Bonchev–Trinajstić information content (AvgIpc) is 2.48. The zero-order valence-electron chi connectivity index (χ0n) is 10.3. The molecular formula is C14H19BrClN. The second-order valence-electron chi connectivity index (χ2n) is 5.05. The Morgan fingerprint density at radius 1 is 1.35 bits per heavy atom. The number of likely N-dealkylation sites (tertiary alicyclic amines) is 1. The van der Waals surface area contributed by atoms with Gasteiger partial charge in [0.1, 0.15) is 0 Å². The number of nitrogens with zero attached hydrogens (tertiary/aromatic N) is 1. The Morgan fingerprint density at radius 3 is 2.94 bits per heavy atom. The van der Waals surface area contributed by atoms with E-state index in [1.165, 1.54) is 37.9 Å². The van der Waals surface area contributed by atoms with Gasteiger partial charge >= 0.3 is 0 Å². The summed E-state index contributed by atoms with van der Waals surface area (Å²) in [5.74, 6) is 0.875. The van der Waals surface area contributed by atoms with E-state index in [1.807, 2.05) is 6.07 Å². The van der Waals surface area contributed by atoms with Gasteiger partial charge in [0.05, 0.1) is 0 Å². The molecule has 0 spiro atoms. The molecule has 1 aromatic carbocycles. The van der Waals surface area contributed by atoms with E-state index >= 15 is 0 Å². The van der Waals surface area contributed by atoms with Crippen LogP contribution in [0, 0.1) is 5.92 Å². The van der Waals surface area contributed by atoms with E-state index in [0.717, 1.165) is 22.0 Å². The number of rotatable bonds is 2. The van der Waals surface area contributed by atoms with E-state index in [9.17, 15) is 0 Å². The summed E-state index contributed by atoms with van der Waals surface area (Å²) in [5, 5.41) is 0.872. The second-order valence-corrected chi connectivity index (χ2v) is 6.37. The van der Waals surface area contributed by atoms with Crippen molar-refractivity contribution in [2.24, 2.45) is 5.92 Å². The molecule has 1 aliphatic rings. The molecule has 0 N–H and O–H groups in total. The molecule has 0 bridgehead atoms. The lowest BCUT2D eigenvalue weighted by molar-refractivity contribution is 0.273. The van der Waals surface area contributed by atoms with Crippen molar-refractivity contribution in [1.82, 2.24) is 4.90 Å². The molecule has 94 valence electrons. The zero-order valence-corrected chi connectivity index (χ0v) is 12.6. The molecule has 1 atom stereocenters. The second kappa shape index (κ2) is 6.21. The van der Waals surface area contributed by atoms with Gasteiger partial charge in [-0.25, -0.2) is 0 Å². The minimum absolute atomic E-state index is 0.872. The maximum atomic E-state index is 6.26. The molecule has 1 nitrogen and oxygen atoms in total. The summed E-state index contributed by atoms with van der Waals surface area (Å²) in [4.78, 5) is 2.53. The summed E-state index contributed by atoms with van der Waals surface area (Å²) in [6, 6.07) is 6.18. The SMILES string of the molecule is CC1CCCN(Cc2ccc(Br)cc2Cl)CC1. The van der Waals surface area contributed by atoms with Crippen LogP contribution < -0.4 is 0 Å². The molecule has 0 aliphatic carbocycles. The van der Waals surface area contributed by atoms with Crippen LogP contribution in [0.15, 0.2) is 22.7 Å². The summed E-state index contributed by atoms with van der Waals surface area (Å²) in [5.41, 5.74) is 1.24. The molecular weight excluding hydrogens is 298 g/mol. The summed E-state index contributed by atoms with van der Waals surface area (Å²) < 4.78 is 1.05. The zero-order chi connectivity index (χ0) is 12.3. The van der Waals surface area contributed by atoms with Gasteiger partial charge in [-0.05, 0) is 56.0 Å². The molecule has 1 saturated heterocycles. The predicted octanol–water partition coefficient (Wildman–Crippen LogP) is 4.72. The molecule has 17 heavy (non-hydrogen) atoms. The van der Waals surface area contributed by atoms with Gasteiger partial charge in [0, 0.05) is 16.0 Å². The van der Waals surface area contributed by atoms with Crippen LogP contribution >= 0.6 is 27.5 Å². The molecule has 1 unspecified atom stereocenters. The van der Waals surface area contributed by atoms with Crippen molar-refractivity contribution >= 4 is 27.5 Å². The van der Waals surface area contributed by atoms with Crippen LogP contribution in [-0.2, 0) is 6.54 Å². The molecule has 3 heteroatoms. The quantitative estimate of drug-likeness (QED) is 0.763. The lowest BCUT2D eigenvalue weighted by Crippen LogP contribution is -2.24. The Hall–Kier alpha value is -0.0500. The monoisotopic (exact) mass is 315 g/mol. The lowest BCUT2D eigenvalue weighted by Gasteiger charge is -2.20. The van der Waals surface area contributed by atoms with E-state index in [-0.39, 0.29) is 0 Å². The molecule has 0 aromatic heterocycles. The number of hydrogen-bond donors (Lipinski definition) is 0. The molecule has 1 fully saturated rings. The fourth-order valence-corrected chi connectivity index (χ4v) is 3.10. The van der Waals surface area contributed by atoms with E-state index in [1.54, 1.807) is 0 Å². The molecule has 1 heterocycles. The third-order valence-corrected chi connectivity index (χ3v) is 4.36. The van der Waals surface area contributed by atoms with Crippen molar-refractivity contribution in [3.63, 3.8) is 0 Å². The Balaban J connectivity index is 2.00. The minimum Gasteiger partial charge on any atom is -0.299 e. The van der Waals surface area contributed by atoms with Crippen LogP contribution in [0.25, 0.3) is 0 Å². The third-order valence-electron chi connectivity index (χ3n) is 3.52. The first kappa shape index (κ1) is 13.4. The number of halogens is 2. The van der Waals surface area contributed by atoms with Crippen molar-refractivity contribution in [1.29, 1.82) is 0 Å². The summed E-state index contributed by atoms with van der Waals surface area (Å²) in [6.45, 7) is 5.75. The largest absolute Gasteiger partial charge is 0.299 e. The van der Waals surface area contributed by atoms with Crippen molar-refractivity contribution in [2.45, 2.75) is 32.7 Å². The van der Waals surface area contributed by atoms with E-state index < -0.39 is 0 Å². The van der Waals surface area contributed by atoms with Crippen molar-refractivity contribution in [3.8, 4) is 0 Å². The van der Waals surface area contributed by atoms with E-state index in [4.69, 9.17) is 11.6 Å². The fraction of sp³-hybridized carbons (Fsp3) is 0.571. The topological polar surface area (TPSA) is 3.24 Å². The van der Waals surface area contributed by atoms with Gasteiger partial charge in [-0.15, -0.1) is 0 Å². The Morgan fingerprint density at radius 2 is 2.18 bits per heavy atom. The van der Waals surface area contributed by atoms with Gasteiger partial charge < -0.3 is 0 Å². The highest BCUT2D eigenvalue weighted by Gasteiger charge is 2.14. The molecule has 1 aliphatic heterocycles. The third kappa shape index (κ3) is 3.97. The first-order chi connectivity index (χ1) is 8.15. The van der Waals surface area contributed by atoms with Crippen LogP contribution in [0.4, 0.5) is 0 Å². The first-order valence-corrected chi connectivity index (χ1v) is 7.48. The van der Waals surface area contributed by atoms with Gasteiger partial charge in [-0.2, -0.15) is 0 Å². The first-order valence-electron chi connectivity index (χ1n) is 6.31. The lowest BCUT2D eigenvalue weighted by atomic mass is 10.0. The van der Waals surface area contributed by atoms with Crippen molar-refractivity contribution < 1.29 is 0 Å². The minimum atomic E-state index is 0.872. The van der Waals surface area contributed by atoms with Gasteiger partial charge in [0.15, 0.2) is 0 Å². The summed E-state index contributed by atoms with van der Waals surface area (Å²) in [6.07, 6.45) is 3.99. The molecule has 0 saturated carbocycles. The maximum absolute atomic E-state index is 6.26. The van der Waals surface area contributed by atoms with Crippen LogP contribution in [0.1, 0.15) is 31.7 Å². The summed E-state index contributed by atoms with van der Waals surface area (Å²) in [7, 11) is 0. The van der Waals surface area contributed by atoms with E-state index in [0.29, 0.717) is 0 Å². The molecule has 0 amide bonds. The van der Waals surface area contributed by atoms with Gasteiger partial charge in [-0.1, -0.05) is 40.5 Å². The Labute approximate surface area is 117 Å². The Bertz CT molecular complexity index is 380. The van der Waals surface area contributed by atoms with Crippen LogP contribution in [0.2, 0.25) is 5.02 Å². The highest BCUT2D eigenvalue weighted by atomic mass is 79.9. The Kier molecular flexibility index (Phi) is 4.89. The van der Waals surface area contributed by atoms with Gasteiger partial charge in [-0.3, -0.25) is 4.90 Å². The standard InChI is InChI=1S/C14H19BrClN/c1-11-3-2-7-17(8-6-11)10-12-4-5-13(15)9-14(12)16/h4-5,9,11H,2-3,6-8,10H2,1H3. The van der Waals surface area contributed by atoms with Crippen LogP contribution in [-0.4, -0.2) is 18.0 Å². The highest BCUT2D eigenvalue weighted by Crippen LogP contribution is 2.24. The number of benzene rings is 1.